The molecular weight excluding hydrogens is 328 g/mol. The van der Waals surface area contributed by atoms with Gasteiger partial charge in [0, 0.05) is 12.0 Å². The number of hydrogen-bond donors (Lipinski definition) is 3. The zero-order valence-electron chi connectivity index (χ0n) is 14.0. The molecule has 6 nitrogen and oxygen atoms in total. The van der Waals surface area contributed by atoms with Crippen LogP contribution in [0, 0.1) is 0 Å². The Morgan fingerprint density at radius 2 is 1.73 bits per heavy atom. The lowest BCUT2D eigenvalue weighted by molar-refractivity contribution is 0.144. The highest BCUT2D eigenvalue weighted by Crippen LogP contribution is 2.31. The van der Waals surface area contributed by atoms with Gasteiger partial charge in [0.15, 0.2) is 5.82 Å². The van der Waals surface area contributed by atoms with Crippen molar-refractivity contribution in [1.29, 1.82) is 0 Å². The Hall–Kier alpha value is -3.25. The molecule has 2 atom stereocenters. The van der Waals surface area contributed by atoms with E-state index in [1.54, 1.807) is 12.1 Å². The predicted octanol–water partition coefficient (Wildman–Crippen LogP) is 2.92. The van der Waals surface area contributed by atoms with Crippen LogP contribution in [0.15, 0.2) is 66.7 Å². The number of nitrogens with one attached hydrogen (secondary N) is 2. The van der Waals surface area contributed by atoms with Crippen LogP contribution in [-0.4, -0.2) is 27.4 Å². The van der Waals surface area contributed by atoms with E-state index >= 15 is 0 Å². The number of aliphatic hydroxyl groups is 1. The minimum Gasteiger partial charge on any atom is -0.390 e. The standard InChI is InChI=1S/C20H18N4O2/c25-17-12-14-8-4-5-9-15(14)19(17)22-20(26)21-18-11-10-16(23-24-18)13-6-2-1-3-7-13/h1-11,17,19,25H,12H2,(H2,21,22,24,26)/t17-,19-/m0/s1. The average molecular weight is 346 g/mol. The third-order valence-electron chi connectivity index (χ3n) is 4.47. The molecule has 130 valence electrons. The molecule has 1 aromatic heterocycles. The van der Waals surface area contributed by atoms with Crippen molar-refractivity contribution >= 4 is 11.8 Å². The number of amides is 2. The number of aliphatic hydroxyl groups excluding tert-OH is 1. The molecule has 2 aromatic carbocycles. The van der Waals surface area contributed by atoms with E-state index in [0.717, 1.165) is 22.4 Å². The zero-order chi connectivity index (χ0) is 17.9. The van der Waals surface area contributed by atoms with Crippen molar-refractivity contribution < 1.29 is 9.90 Å². The van der Waals surface area contributed by atoms with E-state index < -0.39 is 18.2 Å². The lowest BCUT2D eigenvalue weighted by Crippen LogP contribution is -2.37. The van der Waals surface area contributed by atoms with E-state index in [4.69, 9.17) is 0 Å². The SMILES string of the molecule is O=C(Nc1ccc(-c2ccccc2)nn1)N[C@H]1c2ccccc2C[C@@H]1O. The summed E-state index contributed by atoms with van der Waals surface area (Å²) in [5, 5.41) is 23.9. The molecule has 0 unspecified atom stereocenters. The predicted molar refractivity (Wildman–Crippen MR) is 98.5 cm³/mol. The molecule has 1 aliphatic rings. The second kappa shape index (κ2) is 6.93. The van der Waals surface area contributed by atoms with Crippen LogP contribution in [0.2, 0.25) is 0 Å². The number of aromatic nitrogens is 2. The molecule has 0 fully saturated rings. The molecule has 2 amide bonds. The monoisotopic (exact) mass is 346 g/mol. The first-order valence-electron chi connectivity index (χ1n) is 8.43. The number of fused-ring (bicyclic) bond motifs is 1. The Bertz CT molecular complexity index is 913. The molecule has 1 heterocycles. The van der Waals surface area contributed by atoms with Crippen LogP contribution in [0.4, 0.5) is 10.6 Å². The van der Waals surface area contributed by atoms with Gasteiger partial charge in [0.05, 0.1) is 17.8 Å². The van der Waals surface area contributed by atoms with Gasteiger partial charge in [-0.15, -0.1) is 10.2 Å². The van der Waals surface area contributed by atoms with Crippen LogP contribution >= 0.6 is 0 Å². The molecule has 1 aliphatic carbocycles. The summed E-state index contributed by atoms with van der Waals surface area (Å²) in [5.74, 6) is 0.350. The number of rotatable bonds is 3. The minimum absolute atomic E-state index is 0.350. The van der Waals surface area contributed by atoms with Crippen LogP contribution in [0.3, 0.4) is 0 Å². The highest BCUT2D eigenvalue weighted by atomic mass is 16.3. The van der Waals surface area contributed by atoms with Gasteiger partial charge < -0.3 is 10.4 Å². The van der Waals surface area contributed by atoms with Gasteiger partial charge >= 0.3 is 6.03 Å². The van der Waals surface area contributed by atoms with Gasteiger partial charge in [-0.1, -0.05) is 54.6 Å². The van der Waals surface area contributed by atoms with E-state index in [0.29, 0.717) is 12.2 Å². The van der Waals surface area contributed by atoms with Crippen molar-refractivity contribution in [3.05, 3.63) is 77.9 Å². The van der Waals surface area contributed by atoms with Crippen molar-refractivity contribution in [2.75, 3.05) is 5.32 Å². The molecule has 0 aliphatic heterocycles. The summed E-state index contributed by atoms with van der Waals surface area (Å²) in [5.41, 5.74) is 3.69. The number of carbonyl (C=O) groups is 1. The first-order chi connectivity index (χ1) is 12.7. The van der Waals surface area contributed by atoms with Crippen molar-refractivity contribution in [1.82, 2.24) is 15.5 Å². The molecule has 0 spiro atoms. The number of urea groups is 1. The third-order valence-corrected chi connectivity index (χ3v) is 4.47. The molecule has 3 N–H and O–H groups in total. The van der Waals surface area contributed by atoms with Crippen LogP contribution in [-0.2, 0) is 6.42 Å². The lowest BCUT2D eigenvalue weighted by Gasteiger charge is -2.18. The van der Waals surface area contributed by atoms with Gasteiger partial charge in [0.2, 0.25) is 0 Å². The fourth-order valence-electron chi connectivity index (χ4n) is 3.20. The molecule has 0 saturated carbocycles. The number of benzene rings is 2. The zero-order valence-corrected chi connectivity index (χ0v) is 14.0. The second-order valence-corrected chi connectivity index (χ2v) is 6.22. The van der Waals surface area contributed by atoms with Gasteiger partial charge in [-0.25, -0.2) is 4.79 Å². The Labute approximate surface area is 150 Å². The Morgan fingerprint density at radius 3 is 2.50 bits per heavy atom. The molecule has 4 rings (SSSR count). The van der Waals surface area contributed by atoms with Gasteiger partial charge in [-0.3, -0.25) is 5.32 Å². The molecule has 0 bridgehead atoms. The first kappa shape index (κ1) is 16.2. The Kier molecular flexibility index (Phi) is 4.33. The van der Waals surface area contributed by atoms with Crippen molar-refractivity contribution in [3.8, 4) is 11.3 Å². The molecule has 6 heteroatoms. The molecule has 3 aromatic rings. The summed E-state index contributed by atoms with van der Waals surface area (Å²) in [6.45, 7) is 0. The van der Waals surface area contributed by atoms with Gasteiger partial charge in [0.25, 0.3) is 0 Å². The van der Waals surface area contributed by atoms with E-state index in [2.05, 4.69) is 20.8 Å². The Morgan fingerprint density at radius 1 is 0.962 bits per heavy atom. The van der Waals surface area contributed by atoms with Crippen molar-refractivity contribution in [2.45, 2.75) is 18.6 Å². The number of hydrogen-bond acceptors (Lipinski definition) is 4. The van der Waals surface area contributed by atoms with Crippen LogP contribution in [0.1, 0.15) is 17.2 Å². The average Bonchev–Trinajstić information content (AvgIpc) is 2.98. The van der Waals surface area contributed by atoms with E-state index in [-0.39, 0.29) is 0 Å². The van der Waals surface area contributed by atoms with Gasteiger partial charge in [-0.2, -0.15) is 0 Å². The van der Waals surface area contributed by atoms with Crippen LogP contribution in [0.5, 0.6) is 0 Å². The smallest absolute Gasteiger partial charge is 0.321 e. The fraction of sp³-hybridized carbons (Fsp3) is 0.150. The number of nitrogens with zero attached hydrogens (tertiary/aromatic N) is 2. The summed E-state index contributed by atoms with van der Waals surface area (Å²) < 4.78 is 0. The van der Waals surface area contributed by atoms with E-state index in [1.165, 1.54) is 0 Å². The number of carbonyl (C=O) groups excluding carboxylic acids is 1. The minimum atomic E-state index is -0.635. The summed E-state index contributed by atoms with van der Waals surface area (Å²) in [7, 11) is 0. The maximum Gasteiger partial charge on any atom is 0.321 e. The van der Waals surface area contributed by atoms with E-state index in [1.807, 2.05) is 54.6 Å². The van der Waals surface area contributed by atoms with Crippen molar-refractivity contribution in [3.63, 3.8) is 0 Å². The third kappa shape index (κ3) is 3.27. The summed E-state index contributed by atoms with van der Waals surface area (Å²) >= 11 is 0. The highest BCUT2D eigenvalue weighted by Gasteiger charge is 2.31. The fourth-order valence-corrected chi connectivity index (χ4v) is 3.20. The maximum absolute atomic E-state index is 12.3. The number of anilines is 1. The summed E-state index contributed by atoms with van der Waals surface area (Å²) in [6, 6.07) is 20.1. The lowest BCUT2D eigenvalue weighted by atomic mass is 10.1. The Balaban J connectivity index is 1.42. The van der Waals surface area contributed by atoms with Crippen LogP contribution < -0.4 is 10.6 Å². The van der Waals surface area contributed by atoms with E-state index in [9.17, 15) is 9.90 Å². The molecule has 0 radical (unpaired) electrons. The topological polar surface area (TPSA) is 87.1 Å². The maximum atomic E-state index is 12.3. The molecule has 26 heavy (non-hydrogen) atoms. The first-order valence-corrected chi connectivity index (χ1v) is 8.43. The quantitative estimate of drug-likeness (QED) is 0.680. The second-order valence-electron chi connectivity index (χ2n) is 6.22. The normalized spacial score (nSPS) is 18.2. The van der Waals surface area contributed by atoms with Crippen molar-refractivity contribution in [2.24, 2.45) is 0 Å². The van der Waals surface area contributed by atoms with Crippen LogP contribution in [0.25, 0.3) is 11.3 Å². The summed E-state index contributed by atoms with van der Waals surface area (Å²) in [4.78, 5) is 12.3. The molecular formula is C20H18N4O2. The van der Waals surface area contributed by atoms with Gasteiger partial charge in [-0.05, 0) is 23.3 Å². The van der Waals surface area contributed by atoms with Gasteiger partial charge in [0.1, 0.15) is 0 Å². The largest absolute Gasteiger partial charge is 0.390 e. The molecule has 0 saturated heterocycles. The highest BCUT2D eigenvalue weighted by molar-refractivity contribution is 5.88. The summed E-state index contributed by atoms with van der Waals surface area (Å²) in [6.07, 6.45) is -0.100.